The normalized spacial score (nSPS) is 15.4. The quantitative estimate of drug-likeness (QED) is 0.924. The Balaban J connectivity index is 1.72. The van der Waals surface area contributed by atoms with Crippen LogP contribution >= 0.6 is 0 Å². The molecular weight excluding hydrogens is 274 g/mol. The van der Waals surface area contributed by atoms with Crippen LogP contribution in [0.15, 0.2) is 42.5 Å². The second-order valence-corrected chi connectivity index (χ2v) is 6.08. The van der Waals surface area contributed by atoms with E-state index >= 15 is 0 Å². The zero-order valence-corrected chi connectivity index (χ0v) is 13.2. The highest BCUT2D eigenvalue weighted by Crippen LogP contribution is 2.27. The van der Waals surface area contributed by atoms with Gasteiger partial charge in [0.25, 0.3) is 0 Å². The number of anilines is 1. The highest BCUT2D eigenvalue weighted by molar-refractivity contribution is 5.94. The van der Waals surface area contributed by atoms with Crippen LogP contribution in [-0.4, -0.2) is 43.2 Å². The number of hydrogen-bond donors (Lipinski definition) is 1. The van der Waals surface area contributed by atoms with Gasteiger partial charge in [-0.2, -0.15) is 0 Å². The maximum absolute atomic E-state index is 12.1. The topological polar surface area (TPSA) is 35.6 Å². The molecule has 0 unspecified atom stereocenters. The van der Waals surface area contributed by atoms with E-state index in [1.54, 1.807) is 0 Å². The van der Waals surface area contributed by atoms with Gasteiger partial charge in [-0.1, -0.05) is 36.4 Å². The van der Waals surface area contributed by atoms with E-state index < -0.39 is 0 Å². The first-order valence-electron chi connectivity index (χ1n) is 7.93. The van der Waals surface area contributed by atoms with E-state index in [-0.39, 0.29) is 12.1 Å². The van der Waals surface area contributed by atoms with Crippen molar-refractivity contribution < 1.29 is 4.79 Å². The van der Waals surface area contributed by atoms with Crippen molar-refractivity contribution in [2.45, 2.75) is 19.9 Å². The van der Waals surface area contributed by atoms with Crippen LogP contribution in [0.5, 0.6) is 0 Å². The molecule has 2 amide bonds. The number of rotatable bonds is 2. The van der Waals surface area contributed by atoms with E-state index in [2.05, 4.69) is 52.7 Å². The lowest BCUT2D eigenvalue weighted by atomic mass is 10.1. The SMILES string of the molecule is CC(C)NC(=O)N1CCN(c2cccc3ccccc23)CC1. The molecule has 0 saturated carbocycles. The predicted molar refractivity (Wildman–Crippen MR) is 91.4 cm³/mol. The summed E-state index contributed by atoms with van der Waals surface area (Å²) in [5.41, 5.74) is 1.27. The first-order valence-corrected chi connectivity index (χ1v) is 7.93. The van der Waals surface area contributed by atoms with Crippen molar-refractivity contribution in [2.24, 2.45) is 0 Å². The molecule has 2 aromatic carbocycles. The van der Waals surface area contributed by atoms with E-state index in [9.17, 15) is 4.79 Å². The molecule has 0 aromatic heterocycles. The number of nitrogens with one attached hydrogen (secondary N) is 1. The Kier molecular flexibility index (Phi) is 4.18. The molecule has 1 N–H and O–H groups in total. The van der Waals surface area contributed by atoms with Crippen LogP contribution in [0.1, 0.15) is 13.8 Å². The van der Waals surface area contributed by atoms with Crippen molar-refractivity contribution in [2.75, 3.05) is 31.1 Å². The summed E-state index contributed by atoms with van der Waals surface area (Å²) in [4.78, 5) is 16.3. The Morgan fingerprint density at radius 3 is 2.41 bits per heavy atom. The summed E-state index contributed by atoms with van der Waals surface area (Å²) in [6.45, 7) is 7.26. The zero-order chi connectivity index (χ0) is 15.5. The summed E-state index contributed by atoms with van der Waals surface area (Å²) in [5.74, 6) is 0. The molecule has 1 aliphatic heterocycles. The van der Waals surface area contributed by atoms with Crippen molar-refractivity contribution in [3.8, 4) is 0 Å². The zero-order valence-electron chi connectivity index (χ0n) is 13.2. The van der Waals surface area contributed by atoms with Gasteiger partial charge in [0.15, 0.2) is 0 Å². The summed E-state index contributed by atoms with van der Waals surface area (Å²) in [5, 5.41) is 5.51. The number of carbonyl (C=O) groups is 1. The lowest BCUT2D eigenvalue weighted by Crippen LogP contribution is -2.52. The summed E-state index contributed by atoms with van der Waals surface area (Å²) >= 11 is 0. The highest BCUT2D eigenvalue weighted by Gasteiger charge is 2.22. The van der Waals surface area contributed by atoms with Crippen LogP contribution in [-0.2, 0) is 0 Å². The molecule has 0 radical (unpaired) electrons. The Morgan fingerprint density at radius 1 is 1.00 bits per heavy atom. The number of urea groups is 1. The van der Waals surface area contributed by atoms with Gasteiger partial charge in [-0.3, -0.25) is 0 Å². The Bertz CT molecular complexity index is 655. The van der Waals surface area contributed by atoms with Gasteiger partial charge in [0.05, 0.1) is 0 Å². The maximum atomic E-state index is 12.1. The standard InChI is InChI=1S/C18H23N3O/c1-14(2)19-18(22)21-12-10-20(11-13-21)17-9-5-7-15-6-3-4-8-16(15)17/h3-9,14H,10-13H2,1-2H3,(H,19,22). The number of hydrogen-bond acceptors (Lipinski definition) is 2. The molecule has 2 aromatic rings. The van der Waals surface area contributed by atoms with E-state index in [0.29, 0.717) is 0 Å². The average molecular weight is 297 g/mol. The number of piperazine rings is 1. The van der Waals surface area contributed by atoms with Crippen molar-refractivity contribution in [3.05, 3.63) is 42.5 Å². The van der Waals surface area contributed by atoms with E-state index in [4.69, 9.17) is 0 Å². The molecule has 1 fully saturated rings. The van der Waals surface area contributed by atoms with Crippen LogP contribution in [0.3, 0.4) is 0 Å². The Labute approximate surface area is 131 Å². The number of benzene rings is 2. The van der Waals surface area contributed by atoms with Crippen LogP contribution in [0.25, 0.3) is 10.8 Å². The molecule has 0 aliphatic carbocycles. The van der Waals surface area contributed by atoms with Gasteiger partial charge in [0.1, 0.15) is 0 Å². The monoisotopic (exact) mass is 297 g/mol. The van der Waals surface area contributed by atoms with Crippen molar-refractivity contribution in [1.29, 1.82) is 0 Å². The van der Waals surface area contributed by atoms with Gasteiger partial charge < -0.3 is 15.1 Å². The molecular formula is C18H23N3O. The van der Waals surface area contributed by atoms with Gasteiger partial charge in [-0.05, 0) is 25.3 Å². The molecule has 0 spiro atoms. The number of carbonyl (C=O) groups excluding carboxylic acids is 1. The number of amides is 2. The smallest absolute Gasteiger partial charge is 0.317 e. The molecule has 1 saturated heterocycles. The maximum Gasteiger partial charge on any atom is 0.317 e. The molecule has 22 heavy (non-hydrogen) atoms. The summed E-state index contributed by atoms with van der Waals surface area (Å²) < 4.78 is 0. The summed E-state index contributed by atoms with van der Waals surface area (Å²) in [6, 6.07) is 15.1. The third-order valence-corrected chi connectivity index (χ3v) is 4.09. The third-order valence-electron chi connectivity index (χ3n) is 4.09. The molecule has 0 atom stereocenters. The molecule has 116 valence electrons. The average Bonchev–Trinajstić information content (AvgIpc) is 2.54. The van der Waals surface area contributed by atoms with Crippen molar-refractivity contribution in [1.82, 2.24) is 10.2 Å². The summed E-state index contributed by atoms with van der Waals surface area (Å²) in [7, 11) is 0. The molecule has 0 bridgehead atoms. The summed E-state index contributed by atoms with van der Waals surface area (Å²) in [6.07, 6.45) is 0. The van der Waals surface area contributed by atoms with E-state index in [0.717, 1.165) is 26.2 Å². The van der Waals surface area contributed by atoms with Gasteiger partial charge in [0, 0.05) is 43.3 Å². The van der Waals surface area contributed by atoms with Crippen molar-refractivity contribution >= 4 is 22.5 Å². The van der Waals surface area contributed by atoms with Crippen LogP contribution < -0.4 is 10.2 Å². The molecule has 1 aliphatic rings. The first kappa shape index (κ1) is 14.7. The Morgan fingerprint density at radius 2 is 1.68 bits per heavy atom. The minimum atomic E-state index is 0.0487. The predicted octanol–water partition coefficient (Wildman–Crippen LogP) is 3.08. The highest BCUT2D eigenvalue weighted by atomic mass is 16.2. The molecule has 1 heterocycles. The third kappa shape index (κ3) is 3.01. The lowest BCUT2D eigenvalue weighted by Gasteiger charge is -2.36. The molecule has 3 rings (SSSR count). The van der Waals surface area contributed by atoms with Gasteiger partial charge in [-0.15, -0.1) is 0 Å². The van der Waals surface area contributed by atoms with Crippen LogP contribution in [0.2, 0.25) is 0 Å². The minimum Gasteiger partial charge on any atom is -0.367 e. The second-order valence-electron chi connectivity index (χ2n) is 6.08. The largest absolute Gasteiger partial charge is 0.367 e. The van der Waals surface area contributed by atoms with Gasteiger partial charge in [-0.25, -0.2) is 4.79 Å². The Hall–Kier alpha value is -2.23. The van der Waals surface area contributed by atoms with Gasteiger partial charge in [0.2, 0.25) is 0 Å². The number of fused-ring (bicyclic) bond motifs is 1. The lowest BCUT2D eigenvalue weighted by molar-refractivity contribution is 0.192. The molecule has 4 heteroatoms. The fourth-order valence-corrected chi connectivity index (χ4v) is 2.97. The number of nitrogens with zero attached hydrogens (tertiary/aromatic N) is 2. The van der Waals surface area contributed by atoms with Crippen molar-refractivity contribution in [3.63, 3.8) is 0 Å². The minimum absolute atomic E-state index is 0.0487. The van der Waals surface area contributed by atoms with E-state index in [1.807, 2.05) is 18.7 Å². The second kappa shape index (κ2) is 6.26. The van der Waals surface area contributed by atoms with Crippen LogP contribution in [0.4, 0.5) is 10.5 Å². The molecule has 4 nitrogen and oxygen atoms in total. The fraction of sp³-hybridized carbons (Fsp3) is 0.389. The van der Waals surface area contributed by atoms with Crippen LogP contribution in [0, 0.1) is 0 Å². The van der Waals surface area contributed by atoms with Gasteiger partial charge >= 0.3 is 6.03 Å². The van der Waals surface area contributed by atoms with E-state index in [1.165, 1.54) is 16.5 Å². The fourth-order valence-electron chi connectivity index (χ4n) is 2.97. The first-order chi connectivity index (χ1) is 10.6.